The predicted octanol–water partition coefficient (Wildman–Crippen LogP) is 0.835. The first kappa shape index (κ1) is 28.1. The molecule has 2 aliphatic heterocycles. The quantitative estimate of drug-likeness (QED) is 0.336. The summed E-state index contributed by atoms with van der Waals surface area (Å²) in [4.78, 5) is 60.4. The maximum atomic E-state index is 13.8. The molecule has 0 bridgehead atoms. The molecule has 12 heteroatoms. The highest BCUT2D eigenvalue weighted by Crippen LogP contribution is 2.35. The van der Waals surface area contributed by atoms with Gasteiger partial charge in [0.25, 0.3) is 5.91 Å². The van der Waals surface area contributed by atoms with Crippen LogP contribution in [0.5, 0.6) is 0 Å². The van der Waals surface area contributed by atoms with E-state index in [1.54, 1.807) is 24.4 Å². The third-order valence-electron chi connectivity index (χ3n) is 6.88. The SMILES string of the molecule is CC(C)(N)C(=O)NC(COCc1ccccc1)C(=O)N1CCN2C(=O)N(CF)C(=O)C2(Cc2ccccn2)C1. The molecular weight excluding hydrogens is 507 g/mol. The molecule has 0 spiro atoms. The number of nitrogens with one attached hydrogen (secondary N) is 1. The van der Waals surface area contributed by atoms with Crippen LogP contribution in [0.2, 0.25) is 0 Å². The fraction of sp³-hybridized carbons (Fsp3) is 0.444. The van der Waals surface area contributed by atoms with Crippen molar-refractivity contribution in [3.05, 3.63) is 66.0 Å². The normalized spacial score (nSPS) is 20.2. The third-order valence-corrected chi connectivity index (χ3v) is 6.88. The number of aromatic nitrogens is 1. The van der Waals surface area contributed by atoms with Crippen LogP contribution in [0.1, 0.15) is 25.1 Å². The number of amides is 5. The van der Waals surface area contributed by atoms with Gasteiger partial charge in [0.05, 0.1) is 25.3 Å². The second-order valence-corrected chi connectivity index (χ2v) is 10.3. The Bertz CT molecular complexity index is 1210. The number of alkyl halides is 1. The molecule has 0 aliphatic carbocycles. The monoisotopic (exact) mass is 540 g/mol. The number of halogens is 1. The van der Waals surface area contributed by atoms with Crippen molar-refractivity contribution in [1.82, 2.24) is 25.0 Å². The Labute approximate surface area is 226 Å². The van der Waals surface area contributed by atoms with Gasteiger partial charge in [0.2, 0.25) is 11.8 Å². The van der Waals surface area contributed by atoms with Gasteiger partial charge in [-0.05, 0) is 31.5 Å². The van der Waals surface area contributed by atoms with E-state index in [9.17, 15) is 23.6 Å². The summed E-state index contributed by atoms with van der Waals surface area (Å²) in [6.07, 6.45) is 1.55. The molecule has 3 N–H and O–H groups in total. The minimum Gasteiger partial charge on any atom is -0.374 e. The van der Waals surface area contributed by atoms with Crippen LogP contribution in [0.15, 0.2) is 54.7 Å². The number of nitrogens with zero attached hydrogens (tertiary/aromatic N) is 4. The summed E-state index contributed by atoms with van der Waals surface area (Å²) in [5, 5.41) is 2.67. The van der Waals surface area contributed by atoms with Gasteiger partial charge in [-0.25, -0.2) is 14.1 Å². The predicted molar refractivity (Wildman–Crippen MR) is 138 cm³/mol. The maximum Gasteiger partial charge on any atom is 0.330 e. The lowest BCUT2D eigenvalue weighted by Gasteiger charge is -2.45. The van der Waals surface area contributed by atoms with Crippen LogP contribution in [-0.4, -0.2) is 93.6 Å². The molecule has 2 aromatic rings. The van der Waals surface area contributed by atoms with Crippen molar-refractivity contribution in [2.45, 2.75) is 44.0 Å². The summed E-state index contributed by atoms with van der Waals surface area (Å²) in [7, 11) is 0. The zero-order valence-electron chi connectivity index (χ0n) is 22.0. The summed E-state index contributed by atoms with van der Waals surface area (Å²) >= 11 is 0. The molecule has 2 unspecified atom stereocenters. The van der Waals surface area contributed by atoms with E-state index in [-0.39, 0.29) is 39.3 Å². The molecule has 2 atom stereocenters. The number of pyridine rings is 1. The Kier molecular flexibility index (Phi) is 8.26. The summed E-state index contributed by atoms with van der Waals surface area (Å²) < 4.78 is 19.5. The zero-order chi connectivity index (χ0) is 28.2. The fourth-order valence-corrected chi connectivity index (χ4v) is 4.79. The lowest BCUT2D eigenvalue weighted by Crippen LogP contribution is -2.67. The molecule has 2 saturated heterocycles. The topological polar surface area (TPSA) is 138 Å². The van der Waals surface area contributed by atoms with Gasteiger partial charge in [-0.3, -0.25) is 19.4 Å². The standard InChI is InChI=1S/C27H33FN6O5/c1-26(2,29)23(36)31-21(16-39-15-19-8-4-3-5-9-19)22(35)32-12-13-34-25(38)33(18-28)24(37)27(34,17-32)14-20-10-6-7-11-30-20/h3-11,21H,12-18,29H2,1-2H3,(H,31,36). The number of imide groups is 1. The number of fused-ring (bicyclic) bond motifs is 1. The Morgan fingerprint density at radius 2 is 1.87 bits per heavy atom. The third kappa shape index (κ3) is 5.91. The smallest absolute Gasteiger partial charge is 0.330 e. The summed E-state index contributed by atoms with van der Waals surface area (Å²) in [6.45, 7) is 1.72. The van der Waals surface area contributed by atoms with Gasteiger partial charge in [0.15, 0.2) is 6.80 Å². The van der Waals surface area contributed by atoms with Crippen LogP contribution in [0.3, 0.4) is 0 Å². The fourth-order valence-electron chi connectivity index (χ4n) is 4.79. The maximum absolute atomic E-state index is 13.8. The molecule has 11 nitrogen and oxygen atoms in total. The van der Waals surface area contributed by atoms with Crippen molar-refractivity contribution in [3.63, 3.8) is 0 Å². The van der Waals surface area contributed by atoms with E-state index in [1.807, 2.05) is 30.3 Å². The molecule has 1 aromatic carbocycles. The highest BCUT2D eigenvalue weighted by molar-refractivity contribution is 6.08. The second-order valence-electron chi connectivity index (χ2n) is 10.3. The molecular formula is C27H33FN6O5. The number of carbonyl (C=O) groups excluding carboxylic acids is 4. The van der Waals surface area contributed by atoms with E-state index in [4.69, 9.17) is 10.5 Å². The van der Waals surface area contributed by atoms with E-state index in [0.29, 0.717) is 10.6 Å². The van der Waals surface area contributed by atoms with E-state index < -0.39 is 47.7 Å². The number of nitrogens with two attached hydrogens (primary N) is 1. The molecule has 0 saturated carbocycles. The number of ether oxygens (including phenoxy) is 1. The number of rotatable bonds is 10. The number of hydrogen-bond donors (Lipinski definition) is 2. The van der Waals surface area contributed by atoms with Crippen LogP contribution in [0.25, 0.3) is 0 Å². The van der Waals surface area contributed by atoms with Gasteiger partial charge < -0.3 is 25.6 Å². The van der Waals surface area contributed by atoms with Crippen LogP contribution >= 0.6 is 0 Å². The molecule has 39 heavy (non-hydrogen) atoms. The highest BCUT2D eigenvalue weighted by Gasteiger charge is 2.60. The molecule has 2 aliphatic rings. The van der Waals surface area contributed by atoms with Crippen LogP contribution in [0.4, 0.5) is 9.18 Å². The lowest BCUT2D eigenvalue weighted by molar-refractivity contribution is -0.146. The summed E-state index contributed by atoms with van der Waals surface area (Å²) in [6, 6.07) is 12.7. The van der Waals surface area contributed by atoms with E-state index in [0.717, 1.165) is 5.56 Å². The Morgan fingerprint density at radius 3 is 2.51 bits per heavy atom. The van der Waals surface area contributed by atoms with E-state index in [1.165, 1.54) is 23.6 Å². The molecule has 208 valence electrons. The average molecular weight is 541 g/mol. The van der Waals surface area contributed by atoms with Gasteiger partial charge in [-0.2, -0.15) is 0 Å². The second kappa shape index (κ2) is 11.5. The van der Waals surface area contributed by atoms with Gasteiger partial charge >= 0.3 is 6.03 Å². The zero-order valence-corrected chi connectivity index (χ0v) is 22.0. The number of urea groups is 1. The molecule has 2 fully saturated rings. The van der Waals surface area contributed by atoms with Gasteiger partial charge in [-0.1, -0.05) is 36.4 Å². The molecule has 1 aromatic heterocycles. The Balaban J connectivity index is 1.58. The summed E-state index contributed by atoms with van der Waals surface area (Å²) in [5.74, 6) is -1.79. The molecule has 0 radical (unpaired) electrons. The first-order valence-corrected chi connectivity index (χ1v) is 12.7. The highest BCUT2D eigenvalue weighted by atomic mass is 19.1. The van der Waals surface area contributed by atoms with Crippen LogP contribution in [0, 0.1) is 0 Å². The first-order valence-electron chi connectivity index (χ1n) is 12.7. The number of benzene rings is 1. The van der Waals surface area contributed by atoms with Gasteiger partial charge in [0, 0.05) is 31.4 Å². The Hall–Kier alpha value is -3.90. The first-order chi connectivity index (χ1) is 18.6. The van der Waals surface area contributed by atoms with E-state index in [2.05, 4.69) is 10.3 Å². The van der Waals surface area contributed by atoms with Crippen molar-refractivity contribution in [3.8, 4) is 0 Å². The number of piperazine rings is 1. The summed E-state index contributed by atoms with van der Waals surface area (Å²) in [5.41, 5.74) is 4.57. The molecule has 5 amide bonds. The lowest BCUT2D eigenvalue weighted by atomic mass is 9.88. The van der Waals surface area contributed by atoms with Gasteiger partial charge in [0.1, 0.15) is 11.6 Å². The minimum absolute atomic E-state index is 0.00391. The van der Waals surface area contributed by atoms with E-state index >= 15 is 0 Å². The average Bonchev–Trinajstić information content (AvgIpc) is 3.13. The van der Waals surface area contributed by atoms with Crippen molar-refractivity contribution in [1.29, 1.82) is 0 Å². The minimum atomic E-state index is -1.53. The number of hydrogen-bond acceptors (Lipinski definition) is 7. The van der Waals surface area contributed by atoms with Crippen LogP contribution in [-0.2, 0) is 32.1 Å². The Morgan fingerprint density at radius 1 is 1.15 bits per heavy atom. The molecule has 4 rings (SSSR count). The molecule has 3 heterocycles. The van der Waals surface area contributed by atoms with Crippen molar-refractivity contribution in [2.75, 3.05) is 33.0 Å². The van der Waals surface area contributed by atoms with Crippen LogP contribution < -0.4 is 11.1 Å². The largest absolute Gasteiger partial charge is 0.374 e. The number of carbonyl (C=O) groups is 4. The van der Waals surface area contributed by atoms with Crippen molar-refractivity contribution >= 4 is 23.8 Å². The van der Waals surface area contributed by atoms with Crippen molar-refractivity contribution in [2.24, 2.45) is 5.73 Å². The van der Waals surface area contributed by atoms with Crippen molar-refractivity contribution < 1.29 is 28.3 Å². The van der Waals surface area contributed by atoms with Gasteiger partial charge in [-0.15, -0.1) is 0 Å².